The molecule has 1 aromatic heterocycles. The molecular formula is C16H20FN3O4. The number of hydrogen-bond acceptors (Lipinski definition) is 4. The Morgan fingerprint density at radius 1 is 1.42 bits per heavy atom. The van der Waals surface area contributed by atoms with Gasteiger partial charge in [0, 0.05) is 37.0 Å². The number of nitrogens with zero attached hydrogens (tertiary/aromatic N) is 2. The molecule has 0 spiro atoms. The van der Waals surface area contributed by atoms with Crippen molar-refractivity contribution >= 4 is 11.9 Å². The Morgan fingerprint density at radius 3 is 2.75 bits per heavy atom. The predicted molar refractivity (Wildman–Crippen MR) is 84.5 cm³/mol. The van der Waals surface area contributed by atoms with Crippen LogP contribution in [-0.4, -0.2) is 33.1 Å². The van der Waals surface area contributed by atoms with Gasteiger partial charge in [-0.25, -0.2) is 9.82 Å². The zero-order chi connectivity index (χ0) is 17.9. The maximum atomic E-state index is 13.6. The van der Waals surface area contributed by atoms with Crippen molar-refractivity contribution in [2.45, 2.75) is 39.8 Å². The second kappa shape index (κ2) is 7.39. The number of hydrazine groups is 1. The minimum Gasteiger partial charge on any atom is -0.481 e. The number of nitrogens with one attached hydrogen (secondary N) is 1. The third-order valence-electron chi connectivity index (χ3n) is 3.98. The third kappa shape index (κ3) is 3.88. The van der Waals surface area contributed by atoms with Crippen LogP contribution in [-0.2, 0) is 22.7 Å². The van der Waals surface area contributed by atoms with Gasteiger partial charge in [0.1, 0.15) is 5.82 Å². The lowest BCUT2D eigenvalue weighted by Crippen LogP contribution is -2.47. The highest BCUT2D eigenvalue weighted by molar-refractivity contribution is 5.98. The summed E-state index contributed by atoms with van der Waals surface area (Å²) in [5, 5.41) is 10.2. The normalized spacial score (nSPS) is 15.1. The van der Waals surface area contributed by atoms with Crippen molar-refractivity contribution in [2.75, 3.05) is 6.54 Å². The summed E-state index contributed by atoms with van der Waals surface area (Å²) in [4.78, 5) is 35.4. The number of pyridine rings is 1. The van der Waals surface area contributed by atoms with Crippen molar-refractivity contribution in [2.24, 2.45) is 0 Å². The number of halogens is 1. The summed E-state index contributed by atoms with van der Waals surface area (Å²) in [7, 11) is 0. The number of carbonyl (C=O) groups is 2. The van der Waals surface area contributed by atoms with Crippen LogP contribution in [0.3, 0.4) is 0 Å². The Hall–Kier alpha value is -2.48. The smallest absolute Gasteiger partial charge is 0.308 e. The summed E-state index contributed by atoms with van der Waals surface area (Å²) in [5.41, 5.74) is 3.68. The first kappa shape index (κ1) is 17.9. The molecule has 1 aliphatic rings. The number of carboxylic acid groups (broad SMARTS) is 1. The van der Waals surface area contributed by atoms with Gasteiger partial charge in [0.2, 0.25) is 0 Å². The van der Waals surface area contributed by atoms with E-state index in [1.54, 1.807) is 13.8 Å². The van der Waals surface area contributed by atoms with Gasteiger partial charge in [0.05, 0.1) is 6.42 Å². The van der Waals surface area contributed by atoms with E-state index < -0.39 is 17.7 Å². The van der Waals surface area contributed by atoms with Crippen molar-refractivity contribution in [3.63, 3.8) is 0 Å². The molecule has 1 aliphatic heterocycles. The molecule has 0 saturated heterocycles. The van der Waals surface area contributed by atoms with Crippen molar-refractivity contribution in [3.05, 3.63) is 45.1 Å². The summed E-state index contributed by atoms with van der Waals surface area (Å²) in [6.07, 6.45) is 1.34. The summed E-state index contributed by atoms with van der Waals surface area (Å²) in [5.74, 6) is -2.02. The quantitative estimate of drug-likeness (QED) is 0.809. The van der Waals surface area contributed by atoms with Crippen molar-refractivity contribution in [3.8, 4) is 0 Å². The van der Waals surface area contributed by atoms with Crippen molar-refractivity contribution in [1.82, 2.24) is 15.0 Å². The van der Waals surface area contributed by atoms with Crippen LogP contribution in [0.5, 0.6) is 0 Å². The number of rotatable bonds is 6. The lowest BCUT2D eigenvalue weighted by atomic mass is 9.99. The highest BCUT2D eigenvalue weighted by Gasteiger charge is 2.26. The predicted octanol–water partition coefficient (Wildman–Crippen LogP) is 1.04. The molecule has 2 heterocycles. The topological polar surface area (TPSA) is 91.6 Å². The molecule has 0 aromatic carbocycles. The van der Waals surface area contributed by atoms with E-state index in [1.165, 1.54) is 9.58 Å². The molecule has 2 rings (SSSR count). The highest BCUT2D eigenvalue weighted by atomic mass is 19.1. The summed E-state index contributed by atoms with van der Waals surface area (Å²) < 4.78 is 14.8. The van der Waals surface area contributed by atoms with Crippen LogP contribution in [0.4, 0.5) is 4.39 Å². The molecule has 8 heteroatoms. The van der Waals surface area contributed by atoms with Gasteiger partial charge in [-0.15, -0.1) is 0 Å². The zero-order valence-electron chi connectivity index (χ0n) is 13.6. The van der Waals surface area contributed by atoms with Crippen LogP contribution in [0, 0.1) is 5.82 Å². The molecule has 0 saturated carbocycles. The Balaban J connectivity index is 2.13. The van der Waals surface area contributed by atoms with Gasteiger partial charge in [0.25, 0.3) is 11.5 Å². The van der Waals surface area contributed by atoms with Crippen molar-refractivity contribution in [1.29, 1.82) is 0 Å². The standard InChI is InChI=1S/C16H20FN3O4/c1-3-19-9-12(17)6-11(15(19)23)8-18-20-5-4-10(2)13(16(20)24)7-14(21)22/h6,9,18H,3-5,7-8H2,1-2H3,(H,21,22). The lowest BCUT2D eigenvalue weighted by molar-refractivity contribution is -0.139. The molecule has 0 fully saturated rings. The van der Waals surface area contributed by atoms with Crippen LogP contribution >= 0.6 is 0 Å². The number of aryl methyl sites for hydroxylation is 1. The number of amides is 1. The Morgan fingerprint density at radius 2 is 2.12 bits per heavy atom. The average Bonchev–Trinajstić information content (AvgIpc) is 2.53. The third-order valence-corrected chi connectivity index (χ3v) is 3.98. The second-order valence-corrected chi connectivity index (χ2v) is 5.65. The molecule has 0 aliphatic carbocycles. The van der Waals surface area contributed by atoms with Gasteiger partial charge in [-0.2, -0.15) is 0 Å². The first-order chi connectivity index (χ1) is 11.3. The first-order valence-electron chi connectivity index (χ1n) is 7.68. The van der Waals surface area contributed by atoms with E-state index in [1.807, 2.05) is 0 Å². The molecule has 0 radical (unpaired) electrons. The van der Waals surface area contributed by atoms with Gasteiger partial charge < -0.3 is 9.67 Å². The van der Waals surface area contributed by atoms with Gasteiger partial charge in [-0.3, -0.25) is 19.4 Å². The number of aromatic nitrogens is 1. The highest BCUT2D eigenvalue weighted by Crippen LogP contribution is 2.20. The molecule has 0 unspecified atom stereocenters. The Bertz CT molecular complexity index is 754. The Labute approximate surface area is 138 Å². The van der Waals surface area contributed by atoms with Gasteiger partial charge in [-0.05, 0) is 26.3 Å². The largest absolute Gasteiger partial charge is 0.481 e. The van der Waals surface area contributed by atoms with E-state index in [-0.39, 0.29) is 29.7 Å². The van der Waals surface area contributed by atoms with Gasteiger partial charge >= 0.3 is 5.97 Å². The van der Waals surface area contributed by atoms with E-state index >= 15 is 0 Å². The molecule has 1 amide bonds. The van der Waals surface area contributed by atoms with Crippen LogP contribution in [0.1, 0.15) is 32.3 Å². The van der Waals surface area contributed by atoms with Crippen molar-refractivity contribution < 1.29 is 19.1 Å². The SMILES string of the molecule is CCn1cc(F)cc(CNN2CCC(C)=C(CC(=O)O)C2=O)c1=O. The maximum Gasteiger partial charge on any atom is 0.308 e. The molecule has 2 N–H and O–H groups in total. The first-order valence-corrected chi connectivity index (χ1v) is 7.68. The molecule has 7 nitrogen and oxygen atoms in total. The van der Waals surface area contributed by atoms with E-state index in [0.29, 0.717) is 19.5 Å². The summed E-state index contributed by atoms with van der Waals surface area (Å²) >= 11 is 0. The molecular weight excluding hydrogens is 317 g/mol. The lowest BCUT2D eigenvalue weighted by Gasteiger charge is -2.29. The fourth-order valence-corrected chi connectivity index (χ4v) is 2.61. The van der Waals surface area contributed by atoms with Crippen LogP contribution in [0.25, 0.3) is 0 Å². The van der Waals surface area contributed by atoms with E-state index in [2.05, 4.69) is 5.43 Å². The number of carbonyl (C=O) groups excluding carboxylic acids is 1. The molecule has 0 atom stereocenters. The van der Waals surface area contributed by atoms with Crippen LogP contribution in [0.2, 0.25) is 0 Å². The summed E-state index contributed by atoms with van der Waals surface area (Å²) in [6.45, 7) is 4.17. The minimum atomic E-state index is -1.07. The minimum absolute atomic E-state index is 0.0122. The maximum absolute atomic E-state index is 13.6. The number of aliphatic carboxylic acids is 1. The fraction of sp³-hybridized carbons (Fsp3) is 0.438. The average molecular weight is 337 g/mol. The van der Waals surface area contributed by atoms with E-state index in [9.17, 15) is 18.8 Å². The molecule has 0 bridgehead atoms. The second-order valence-electron chi connectivity index (χ2n) is 5.65. The monoisotopic (exact) mass is 337 g/mol. The fourth-order valence-electron chi connectivity index (χ4n) is 2.61. The molecule has 1 aromatic rings. The van der Waals surface area contributed by atoms with Gasteiger partial charge in [-0.1, -0.05) is 5.57 Å². The zero-order valence-corrected chi connectivity index (χ0v) is 13.6. The van der Waals surface area contributed by atoms with E-state index in [0.717, 1.165) is 17.8 Å². The molecule has 130 valence electrons. The van der Waals surface area contributed by atoms with Crippen LogP contribution < -0.4 is 11.0 Å². The number of hydrogen-bond donors (Lipinski definition) is 2. The van der Waals surface area contributed by atoms with E-state index in [4.69, 9.17) is 5.11 Å². The number of carboxylic acids is 1. The Kier molecular flexibility index (Phi) is 5.50. The molecule has 24 heavy (non-hydrogen) atoms. The summed E-state index contributed by atoms with van der Waals surface area (Å²) in [6, 6.07) is 1.13. The van der Waals surface area contributed by atoms with Gasteiger partial charge in [0.15, 0.2) is 0 Å². The van der Waals surface area contributed by atoms with Crippen LogP contribution in [0.15, 0.2) is 28.2 Å².